The van der Waals surface area contributed by atoms with Crippen LogP contribution in [0.3, 0.4) is 0 Å². The summed E-state index contributed by atoms with van der Waals surface area (Å²) in [5, 5.41) is 0.513. The quantitative estimate of drug-likeness (QED) is 0.488. The minimum absolute atomic E-state index is 0.174. The molecule has 0 saturated heterocycles. The molecule has 0 saturated carbocycles. The molecule has 0 nitrogen and oxygen atoms in total. The van der Waals surface area contributed by atoms with Gasteiger partial charge < -0.3 is 0 Å². The highest BCUT2D eigenvalue weighted by Crippen LogP contribution is 2.38. The second kappa shape index (κ2) is 5.62. The van der Waals surface area contributed by atoms with Gasteiger partial charge in [0, 0.05) is 14.4 Å². The lowest BCUT2D eigenvalue weighted by Gasteiger charge is -2.10. The molecule has 1 heterocycles. The first-order valence-electron chi connectivity index (χ1n) is 4.83. The van der Waals surface area contributed by atoms with Crippen LogP contribution in [-0.2, 0) is 0 Å². The maximum absolute atomic E-state index is 6.50. The summed E-state index contributed by atoms with van der Waals surface area (Å²) < 4.78 is 2.04. The zero-order valence-corrected chi connectivity index (χ0v) is 14.3. The molecule has 1 aromatic heterocycles. The topological polar surface area (TPSA) is 0 Å². The third-order valence-electron chi connectivity index (χ3n) is 2.38. The van der Waals surface area contributed by atoms with Gasteiger partial charge in [-0.2, -0.15) is 0 Å². The standard InChI is InChI=1S/C12H8Br2Cl2S/c1-6-10(5-11(14)17-6)12(16)7-2-8(13)4-9(15)3-7/h2-5,12H,1H3. The molecule has 0 amide bonds. The van der Waals surface area contributed by atoms with Gasteiger partial charge in [0.1, 0.15) is 0 Å². The molecule has 1 unspecified atom stereocenters. The van der Waals surface area contributed by atoms with Crippen molar-refractivity contribution in [3.63, 3.8) is 0 Å². The Hall–Kier alpha value is 0.460. The van der Waals surface area contributed by atoms with E-state index in [4.69, 9.17) is 23.2 Å². The van der Waals surface area contributed by atoms with Crippen molar-refractivity contribution >= 4 is 66.4 Å². The Balaban J connectivity index is 2.43. The molecule has 0 spiro atoms. The summed E-state index contributed by atoms with van der Waals surface area (Å²) in [6.07, 6.45) is 0. The van der Waals surface area contributed by atoms with Gasteiger partial charge in [0.15, 0.2) is 0 Å². The van der Waals surface area contributed by atoms with E-state index in [1.807, 2.05) is 18.2 Å². The van der Waals surface area contributed by atoms with Crippen LogP contribution in [0.4, 0.5) is 0 Å². The molecular weight excluding hydrogens is 407 g/mol. The second-order valence-corrected chi connectivity index (χ2v) is 8.05. The van der Waals surface area contributed by atoms with E-state index in [9.17, 15) is 0 Å². The number of alkyl halides is 1. The summed E-state index contributed by atoms with van der Waals surface area (Å²) in [7, 11) is 0. The molecule has 0 aliphatic carbocycles. The van der Waals surface area contributed by atoms with E-state index in [-0.39, 0.29) is 5.38 Å². The Morgan fingerprint density at radius 2 is 1.88 bits per heavy atom. The van der Waals surface area contributed by atoms with Crippen molar-refractivity contribution < 1.29 is 0 Å². The van der Waals surface area contributed by atoms with Crippen LogP contribution < -0.4 is 0 Å². The van der Waals surface area contributed by atoms with Gasteiger partial charge in [0.05, 0.1) is 9.16 Å². The number of rotatable bonds is 2. The van der Waals surface area contributed by atoms with E-state index in [1.54, 1.807) is 11.3 Å². The van der Waals surface area contributed by atoms with Crippen LogP contribution in [0, 0.1) is 6.92 Å². The van der Waals surface area contributed by atoms with E-state index in [2.05, 4.69) is 44.8 Å². The molecule has 1 atom stereocenters. The highest BCUT2D eigenvalue weighted by molar-refractivity contribution is 9.11. The number of hydrogen-bond acceptors (Lipinski definition) is 1. The Morgan fingerprint density at radius 1 is 1.18 bits per heavy atom. The summed E-state index contributed by atoms with van der Waals surface area (Å²) in [6, 6.07) is 7.81. The number of halogens is 4. The van der Waals surface area contributed by atoms with Gasteiger partial charge in [-0.15, -0.1) is 22.9 Å². The lowest BCUT2D eigenvalue weighted by atomic mass is 10.1. The molecule has 0 N–H and O–H groups in total. The van der Waals surface area contributed by atoms with E-state index in [0.29, 0.717) is 5.02 Å². The van der Waals surface area contributed by atoms with Gasteiger partial charge in [-0.25, -0.2) is 0 Å². The second-order valence-electron chi connectivity index (χ2n) is 3.63. The number of benzene rings is 1. The van der Waals surface area contributed by atoms with Crippen LogP contribution in [0.25, 0.3) is 0 Å². The SMILES string of the molecule is Cc1sc(Br)cc1C(Cl)c1cc(Cl)cc(Br)c1. The predicted octanol–water partition coefficient (Wildman–Crippen LogP) is 6.56. The molecule has 0 fully saturated rings. The molecule has 5 heteroatoms. The van der Waals surface area contributed by atoms with Gasteiger partial charge in [0.25, 0.3) is 0 Å². The summed E-state index contributed by atoms with van der Waals surface area (Å²) in [6.45, 7) is 2.07. The minimum Gasteiger partial charge on any atom is -0.133 e. The van der Waals surface area contributed by atoms with Crippen molar-refractivity contribution in [2.45, 2.75) is 12.3 Å². The third kappa shape index (κ3) is 3.27. The van der Waals surface area contributed by atoms with E-state index < -0.39 is 0 Å². The maximum atomic E-state index is 6.50. The highest BCUT2D eigenvalue weighted by Gasteiger charge is 2.16. The average molecular weight is 415 g/mol. The first kappa shape index (κ1) is 13.9. The zero-order valence-electron chi connectivity index (χ0n) is 8.81. The lowest BCUT2D eigenvalue weighted by molar-refractivity contribution is 1.13. The van der Waals surface area contributed by atoms with Gasteiger partial charge in [-0.1, -0.05) is 27.5 Å². The normalized spacial score (nSPS) is 12.8. The van der Waals surface area contributed by atoms with E-state index in [1.165, 1.54) is 4.88 Å². The molecule has 0 bridgehead atoms. The minimum atomic E-state index is -0.174. The Morgan fingerprint density at radius 3 is 2.41 bits per heavy atom. The van der Waals surface area contributed by atoms with Crippen LogP contribution in [0.5, 0.6) is 0 Å². The lowest BCUT2D eigenvalue weighted by Crippen LogP contribution is -1.93. The molecule has 2 rings (SSSR count). The summed E-state index contributed by atoms with van der Waals surface area (Å²) >= 11 is 21.1. The zero-order chi connectivity index (χ0) is 12.6. The van der Waals surface area contributed by atoms with Gasteiger partial charge in [-0.3, -0.25) is 0 Å². The van der Waals surface area contributed by atoms with Crippen molar-refractivity contribution in [2.24, 2.45) is 0 Å². The van der Waals surface area contributed by atoms with Crippen molar-refractivity contribution in [3.8, 4) is 0 Å². The fourth-order valence-corrected chi connectivity index (χ4v) is 4.66. The molecule has 90 valence electrons. The van der Waals surface area contributed by atoms with Crippen molar-refractivity contribution in [3.05, 3.63) is 53.6 Å². The Bertz CT molecular complexity index is 531. The fourth-order valence-electron chi connectivity index (χ4n) is 1.61. The molecular formula is C12H8Br2Cl2S. The molecule has 0 aliphatic heterocycles. The number of aryl methyl sites for hydroxylation is 1. The Kier molecular flexibility index (Phi) is 4.59. The summed E-state index contributed by atoms with van der Waals surface area (Å²) in [5.74, 6) is 0. The summed E-state index contributed by atoms with van der Waals surface area (Å²) in [5.41, 5.74) is 2.12. The van der Waals surface area contributed by atoms with E-state index >= 15 is 0 Å². The third-order valence-corrected chi connectivity index (χ3v) is 5.11. The molecule has 0 radical (unpaired) electrons. The van der Waals surface area contributed by atoms with Gasteiger partial charge in [0.2, 0.25) is 0 Å². The fraction of sp³-hybridized carbons (Fsp3) is 0.167. The van der Waals surface area contributed by atoms with Crippen molar-refractivity contribution in [2.75, 3.05) is 0 Å². The van der Waals surface area contributed by atoms with Crippen LogP contribution in [-0.4, -0.2) is 0 Å². The first-order valence-corrected chi connectivity index (χ1v) is 8.05. The smallest absolute Gasteiger partial charge is 0.0847 e. The van der Waals surface area contributed by atoms with E-state index in [0.717, 1.165) is 19.4 Å². The van der Waals surface area contributed by atoms with Gasteiger partial charge in [-0.05, 0) is 58.2 Å². The molecule has 1 aromatic carbocycles. The van der Waals surface area contributed by atoms with Crippen LogP contribution in [0.2, 0.25) is 5.02 Å². The maximum Gasteiger partial charge on any atom is 0.0847 e. The van der Waals surface area contributed by atoms with Crippen LogP contribution in [0.1, 0.15) is 21.4 Å². The predicted molar refractivity (Wildman–Crippen MR) is 83.6 cm³/mol. The van der Waals surface area contributed by atoms with Crippen LogP contribution in [0.15, 0.2) is 32.5 Å². The molecule has 0 aliphatic rings. The Labute approximate surface area is 131 Å². The average Bonchev–Trinajstić information content (AvgIpc) is 2.55. The summed E-state index contributed by atoms with van der Waals surface area (Å²) in [4.78, 5) is 1.22. The van der Waals surface area contributed by atoms with Gasteiger partial charge >= 0.3 is 0 Å². The number of thiophene rings is 1. The first-order chi connectivity index (χ1) is 7.97. The molecule has 17 heavy (non-hydrogen) atoms. The van der Waals surface area contributed by atoms with Crippen molar-refractivity contribution in [1.82, 2.24) is 0 Å². The van der Waals surface area contributed by atoms with Crippen molar-refractivity contribution in [1.29, 1.82) is 0 Å². The largest absolute Gasteiger partial charge is 0.133 e. The number of hydrogen-bond donors (Lipinski definition) is 0. The van der Waals surface area contributed by atoms with Crippen LogP contribution >= 0.6 is 66.4 Å². The monoisotopic (exact) mass is 412 g/mol. The highest BCUT2D eigenvalue weighted by atomic mass is 79.9. The molecule has 2 aromatic rings.